The Labute approximate surface area is 142 Å². The summed E-state index contributed by atoms with van der Waals surface area (Å²) in [6, 6.07) is 9.90. The van der Waals surface area contributed by atoms with Crippen LogP contribution in [0.15, 0.2) is 36.5 Å². The number of fused-ring (bicyclic) bond motifs is 1. The Bertz CT molecular complexity index is 704. The number of hydrogen-bond donors (Lipinski definition) is 1. The highest BCUT2D eigenvalue weighted by Crippen LogP contribution is 2.39. The van der Waals surface area contributed by atoms with Crippen LogP contribution in [0.25, 0.3) is 0 Å². The lowest BCUT2D eigenvalue weighted by atomic mass is 9.92. The Hall–Kier alpha value is -2.14. The van der Waals surface area contributed by atoms with Gasteiger partial charge in [0, 0.05) is 30.8 Å². The van der Waals surface area contributed by atoms with Crippen molar-refractivity contribution in [3.8, 4) is 0 Å². The van der Waals surface area contributed by atoms with Crippen LogP contribution in [0.4, 0.5) is 0 Å². The molecule has 1 fully saturated rings. The van der Waals surface area contributed by atoms with Gasteiger partial charge in [0.25, 0.3) is 0 Å². The molecule has 4 rings (SSSR count). The van der Waals surface area contributed by atoms with Crippen molar-refractivity contribution in [3.05, 3.63) is 53.3 Å². The largest absolute Gasteiger partial charge is 0.459 e. The molecule has 0 atom stereocenters. The standard InChI is InChI=1S/C19H23N3O2/c23-18(24-14-15-6-2-1-3-7-15)19(9-4-5-10-19)22-11-8-17-16(13-22)12-20-21-17/h1-3,6-7,12H,4-5,8-11,13-14H2,(H,20,21). The van der Waals surface area contributed by atoms with Crippen LogP contribution in [0.5, 0.6) is 0 Å². The van der Waals surface area contributed by atoms with Crippen LogP contribution in [0.3, 0.4) is 0 Å². The monoisotopic (exact) mass is 325 g/mol. The van der Waals surface area contributed by atoms with E-state index in [9.17, 15) is 4.79 Å². The number of carbonyl (C=O) groups excluding carboxylic acids is 1. The third-order valence-corrected chi connectivity index (χ3v) is 5.43. The van der Waals surface area contributed by atoms with Crippen LogP contribution in [-0.2, 0) is 29.1 Å². The highest BCUT2D eigenvalue weighted by Gasteiger charge is 2.48. The molecule has 1 aliphatic heterocycles. The van der Waals surface area contributed by atoms with Gasteiger partial charge in [0.15, 0.2) is 0 Å². The molecule has 1 saturated carbocycles. The average Bonchev–Trinajstić information content (AvgIpc) is 3.29. The molecule has 0 spiro atoms. The molecule has 5 nitrogen and oxygen atoms in total. The SMILES string of the molecule is O=C(OCc1ccccc1)C1(N2CCc3[nH]ncc3C2)CCCC1. The number of ether oxygens (including phenoxy) is 1. The Morgan fingerprint density at radius 2 is 2.04 bits per heavy atom. The minimum atomic E-state index is -0.455. The van der Waals surface area contributed by atoms with Crippen molar-refractivity contribution in [1.29, 1.82) is 0 Å². The molecule has 0 radical (unpaired) electrons. The van der Waals surface area contributed by atoms with Crippen molar-refractivity contribution in [2.24, 2.45) is 0 Å². The van der Waals surface area contributed by atoms with Gasteiger partial charge < -0.3 is 4.74 Å². The van der Waals surface area contributed by atoms with E-state index in [1.54, 1.807) is 0 Å². The summed E-state index contributed by atoms with van der Waals surface area (Å²) in [5, 5.41) is 7.20. The van der Waals surface area contributed by atoms with E-state index in [0.29, 0.717) is 6.61 Å². The first-order chi connectivity index (χ1) is 11.8. The van der Waals surface area contributed by atoms with Crippen LogP contribution in [0, 0.1) is 0 Å². The summed E-state index contributed by atoms with van der Waals surface area (Å²) in [5.74, 6) is -0.0594. The van der Waals surface area contributed by atoms with Gasteiger partial charge in [0.1, 0.15) is 12.1 Å². The molecule has 2 aromatic rings. The molecule has 24 heavy (non-hydrogen) atoms. The molecule has 0 bridgehead atoms. The average molecular weight is 325 g/mol. The van der Waals surface area contributed by atoms with Crippen molar-refractivity contribution in [1.82, 2.24) is 15.1 Å². The van der Waals surface area contributed by atoms with E-state index in [4.69, 9.17) is 4.74 Å². The lowest BCUT2D eigenvalue weighted by Crippen LogP contribution is -2.54. The number of esters is 1. The van der Waals surface area contributed by atoms with Gasteiger partial charge in [0.05, 0.1) is 6.20 Å². The molecular weight excluding hydrogens is 302 g/mol. The van der Waals surface area contributed by atoms with Crippen LogP contribution >= 0.6 is 0 Å². The summed E-state index contributed by atoms with van der Waals surface area (Å²) in [6.45, 7) is 2.02. The van der Waals surface area contributed by atoms with E-state index < -0.39 is 5.54 Å². The maximum atomic E-state index is 13.0. The van der Waals surface area contributed by atoms with Crippen molar-refractivity contribution in [2.45, 2.75) is 50.8 Å². The molecule has 1 aromatic heterocycles. The van der Waals surface area contributed by atoms with E-state index in [1.165, 1.54) is 11.3 Å². The van der Waals surface area contributed by atoms with Gasteiger partial charge in [-0.3, -0.25) is 14.8 Å². The summed E-state index contributed by atoms with van der Waals surface area (Å²) in [6.07, 6.45) is 6.79. The second-order valence-electron chi connectivity index (χ2n) is 6.85. The van der Waals surface area contributed by atoms with Gasteiger partial charge in [-0.1, -0.05) is 43.2 Å². The number of aromatic nitrogens is 2. The third-order valence-electron chi connectivity index (χ3n) is 5.43. The molecule has 2 heterocycles. The number of hydrogen-bond acceptors (Lipinski definition) is 4. The number of nitrogens with zero attached hydrogens (tertiary/aromatic N) is 2. The Balaban J connectivity index is 1.50. The summed E-state index contributed by atoms with van der Waals surface area (Å²) in [4.78, 5) is 15.3. The number of carbonyl (C=O) groups is 1. The first-order valence-electron chi connectivity index (χ1n) is 8.75. The molecule has 1 N–H and O–H groups in total. The van der Waals surface area contributed by atoms with Gasteiger partial charge in [-0.2, -0.15) is 5.10 Å². The smallest absolute Gasteiger partial charge is 0.326 e. The molecular formula is C19H23N3O2. The van der Waals surface area contributed by atoms with E-state index in [2.05, 4.69) is 15.1 Å². The third kappa shape index (κ3) is 2.73. The molecule has 0 amide bonds. The minimum absolute atomic E-state index is 0.0594. The fourth-order valence-corrected chi connectivity index (χ4v) is 4.05. The van der Waals surface area contributed by atoms with E-state index >= 15 is 0 Å². The van der Waals surface area contributed by atoms with Crippen LogP contribution in [0.1, 0.15) is 42.5 Å². The van der Waals surface area contributed by atoms with Gasteiger partial charge in [0.2, 0.25) is 0 Å². The maximum Gasteiger partial charge on any atom is 0.326 e. The number of benzene rings is 1. The molecule has 1 aliphatic carbocycles. The Morgan fingerprint density at radius 1 is 1.25 bits per heavy atom. The number of nitrogens with one attached hydrogen (secondary N) is 1. The predicted octanol–water partition coefficient (Wildman–Crippen LogP) is 2.82. The molecule has 126 valence electrons. The van der Waals surface area contributed by atoms with Gasteiger partial charge >= 0.3 is 5.97 Å². The number of rotatable bonds is 4. The van der Waals surface area contributed by atoms with Crippen LogP contribution in [0.2, 0.25) is 0 Å². The second-order valence-corrected chi connectivity index (χ2v) is 6.85. The molecule has 0 unspecified atom stereocenters. The van der Waals surface area contributed by atoms with Crippen molar-refractivity contribution >= 4 is 5.97 Å². The first kappa shape index (κ1) is 15.4. The van der Waals surface area contributed by atoms with E-state index in [0.717, 1.165) is 50.8 Å². The zero-order valence-electron chi connectivity index (χ0n) is 13.8. The van der Waals surface area contributed by atoms with Crippen molar-refractivity contribution < 1.29 is 9.53 Å². The molecule has 2 aliphatic rings. The quantitative estimate of drug-likeness (QED) is 0.878. The van der Waals surface area contributed by atoms with Gasteiger partial charge in [-0.05, 0) is 18.4 Å². The molecule has 5 heteroatoms. The fourth-order valence-electron chi connectivity index (χ4n) is 4.05. The Kier molecular flexibility index (Phi) is 4.10. The van der Waals surface area contributed by atoms with E-state index in [1.807, 2.05) is 36.5 Å². The number of H-pyrrole nitrogens is 1. The summed E-state index contributed by atoms with van der Waals surface area (Å²) in [7, 11) is 0. The topological polar surface area (TPSA) is 58.2 Å². The zero-order valence-corrected chi connectivity index (χ0v) is 13.8. The van der Waals surface area contributed by atoms with E-state index in [-0.39, 0.29) is 5.97 Å². The second kappa shape index (κ2) is 6.40. The summed E-state index contributed by atoms with van der Waals surface area (Å²) >= 11 is 0. The lowest BCUT2D eigenvalue weighted by Gasteiger charge is -2.41. The Morgan fingerprint density at radius 3 is 2.83 bits per heavy atom. The predicted molar refractivity (Wildman–Crippen MR) is 90.1 cm³/mol. The zero-order chi connectivity index (χ0) is 16.4. The van der Waals surface area contributed by atoms with Crippen LogP contribution < -0.4 is 0 Å². The minimum Gasteiger partial charge on any atom is -0.459 e. The van der Waals surface area contributed by atoms with Crippen molar-refractivity contribution in [3.63, 3.8) is 0 Å². The maximum absolute atomic E-state index is 13.0. The van der Waals surface area contributed by atoms with Gasteiger partial charge in [-0.25, -0.2) is 0 Å². The summed E-state index contributed by atoms with van der Waals surface area (Å²) in [5.41, 5.74) is 3.00. The van der Waals surface area contributed by atoms with Crippen LogP contribution in [-0.4, -0.2) is 33.2 Å². The molecule has 0 saturated heterocycles. The normalized spacial score (nSPS) is 19.8. The van der Waals surface area contributed by atoms with Crippen molar-refractivity contribution in [2.75, 3.05) is 6.54 Å². The highest BCUT2D eigenvalue weighted by atomic mass is 16.5. The summed E-state index contributed by atoms with van der Waals surface area (Å²) < 4.78 is 5.73. The first-order valence-corrected chi connectivity index (χ1v) is 8.75. The van der Waals surface area contributed by atoms with Gasteiger partial charge in [-0.15, -0.1) is 0 Å². The highest BCUT2D eigenvalue weighted by molar-refractivity contribution is 5.81. The fraction of sp³-hybridized carbons (Fsp3) is 0.474. The lowest BCUT2D eigenvalue weighted by molar-refractivity contribution is -0.160. The number of aromatic amines is 1. The molecule has 1 aromatic carbocycles.